The smallest absolute Gasteiger partial charge is 0.0737 e. The summed E-state index contributed by atoms with van der Waals surface area (Å²) in [4.78, 5) is 14.7. The Labute approximate surface area is 321 Å². The second-order valence-corrected chi connectivity index (χ2v) is 15.8. The summed E-state index contributed by atoms with van der Waals surface area (Å²) >= 11 is 4.20. The van der Waals surface area contributed by atoms with E-state index in [4.69, 9.17) is 9.97 Å². The zero-order valence-electron chi connectivity index (χ0n) is 29.0. The number of aryl methyl sites for hydroxylation is 3. The zero-order valence-corrected chi connectivity index (χ0v) is 32.0. The largest absolute Gasteiger partial charge is 0.354 e. The summed E-state index contributed by atoms with van der Waals surface area (Å²) < 4.78 is 3.51. The fourth-order valence-corrected chi connectivity index (χ4v) is 8.80. The van der Waals surface area contributed by atoms with Gasteiger partial charge in [-0.15, -0.1) is 11.3 Å². The minimum Gasteiger partial charge on any atom is -0.354 e. The molecule has 4 aromatic carbocycles. The molecule has 2 aliphatic rings. The third-order valence-corrected chi connectivity index (χ3v) is 11.6. The Hall–Kier alpha value is -5.37. The van der Waals surface area contributed by atoms with Crippen LogP contribution in [0.5, 0.6) is 0 Å². The van der Waals surface area contributed by atoms with Crippen LogP contribution in [-0.4, -0.2) is 15.0 Å². The van der Waals surface area contributed by atoms with Gasteiger partial charge in [0.1, 0.15) is 0 Å². The lowest BCUT2D eigenvalue weighted by atomic mass is 10.0. The van der Waals surface area contributed by atoms with Crippen molar-refractivity contribution in [2.24, 2.45) is 0 Å². The van der Waals surface area contributed by atoms with E-state index in [0.29, 0.717) is 0 Å². The number of aromatic amines is 1. The predicted octanol–water partition coefficient (Wildman–Crippen LogP) is 13.6. The predicted molar refractivity (Wildman–Crippen MR) is 231 cm³/mol. The Balaban J connectivity index is 1.47. The molecule has 0 atom stereocenters. The van der Waals surface area contributed by atoms with Gasteiger partial charge in [-0.05, 0) is 126 Å². The van der Waals surface area contributed by atoms with E-state index in [2.05, 4.69) is 194 Å². The number of nitrogens with zero attached hydrogens (tertiary/aromatic N) is 2. The molecule has 7 aromatic rings. The molecule has 3 aromatic heterocycles. The minimum absolute atomic E-state index is 0.928. The highest BCUT2D eigenvalue weighted by Crippen LogP contribution is 2.41. The van der Waals surface area contributed by atoms with Crippen molar-refractivity contribution in [3.63, 3.8) is 0 Å². The van der Waals surface area contributed by atoms with Crippen molar-refractivity contribution in [2.45, 2.75) is 20.8 Å². The van der Waals surface area contributed by atoms with E-state index in [1.165, 1.54) is 20.3 Å². The summed E-state index contributed by atoms with van der Waals surface area (Å²) in [6.45, 7) is 6.39. The van der Waals surface area contributed by atoms with Crippen molar-refractivity contribution < 1.29 is 0 Å². The van der Waals surface area contributed by atoms with Gasteiger partial charge in [0.15, 0.2) is 0 Å². The van der Waals surface area contributed by atoms with Crippen LogP contribution in [0.3, 0.4) is 0 Å². The van der Waals surface area contributed by atoms with Crippen LogP contribution in [0.1, 0.15) is 39.5 Å². The van der Waals surface area contributed by atoms with Gasteiger partial charge in [0, 0.05) is 46.3 Å². The van der Waals surface area contributed by atoms with Crippen LogP contribution in [0.15, 0.2) is 121 Å². The first-order valence-electron chi connectivity index (χ1n) is 17.4. The monoisotopic (exact) mass is 799 g/mol. The van der Waals surface area contributed by atoms with E-state index in [0.717, 1.165) is 87.7 Å². The molecular weight excluding hydrogens is 766 g/mol. The molecule has 0 fully saturated rings. The first-order valence-corrected chi connectivity index (χ1v) is 19.3. The molecule has 1 N–H and O–H groups in total. The van der Waals surface area contributed by atoms with E-state index >= 15 is 0 Å². The Morgan fingerprint density at radius 3 is 1.29 bits per heavy atom. The van der Waals surface area contributed by atoms with Gasteiger partial charge in [-0.1, -0.05) is 102 Å². The van der Waals surface area contributed by atoms with Crippen LogP contribution < -0.4 is 0 Å². The first kappa shape index (κ1) is 32.5. The quantitative estimate of drug-likeness (QED) is 0.180. The van der Waals surface area contributed by atoms with E-state index < -0.39 is 0 Å². The maximum Gasteiger partial charge on any atom is 0.0737 e. The fraction of sp³-hybridized carbons (Fsp3) is 0.0638. The zero-order chi connectivity index (χ0) is 35.3. The highest BCUT2D eigenvalue weighted by Gasteiger charge is 2.19. The fourth-order valence-electron chi connectivity index (χ4n) is 7.09. The topological polar surface area (TPSA) is 41.6 Å². The lowest BCUT2D eigenvalue weighted by molar-refractivity contribution is 1.32. The molecule has 0 saturated carbocycles. The lowest BCUT2D eigenvalue weighted by Gasteiger charge is -2.07. The van der Waals surface area contributed by atoms with Gasteiger partial charge in [0.05, 0.1) is 22.8 Å². The summed E-state index contributed by atoms with van der Waals surface area (Å²) in [7, 11) is 0. The SMILES string of the molecule is Cc1ccc(-c2c3nc(c(-c4ccc(C)cc4)c4ccc(s4)c(-c4cccc(I)c4)c4nc(c(-c5ccc(C)cc5)c5ccc2[nH]5)C=C4)C=C3)cc1. The number of fused-ring (bicyclic) bond motifs is 8. The second kappa shape index (κ2) is 13.3. The second-order valence-electron chi connectivity index (χ2n) is 13.5. The number of aromatic nitrogens is 3. The number of nitrogens with one attached hydrogen (secondary N) is 1. The molecule has 8 bridgehead atoms. The standard InChI is InChI=1S/C47H34IN3S/c1-28-7-13-31(14-8-28)44-36-19-20-37(49-36)45(32-15-9-29(2)10-16-32)39-22-24-41(51-39)47(34-5-4-6-35(48)27-34)43-26-25-42(52-43)46(40-23-21-38(44)50-40)33-17-11-30(3)12-18-33/h4-27,49H,1-3H3. The Kier molecular flexibility index (Phi) is 8.33. The van der Waals surface area contributed by atoms with Gasteiger partial charge < -0.3 is 4.98 Å². The molecule has 5 heteroatoms. The van der Waals surface area contributed by atoms with E-state index in [9.17, 15) is 0 Å². The highest BCUT2D eigenvalue weighted by molar-refractivity contribution is 14.1. The third kappa shape index (κ3) is 6.04. The van der Waals surface area contributed by atoms with Gasteiger partial charge >= 0.3 is 0 Å². The van der Waals surface area contributed by atoms with Crippen molar-refractivity contribution in [1.29, 1.82) is 0 Å². The number of benzene rings is 4. The van der Waals surface area contributed by atoms with Gasteiger partial charge in [-0.3, -0.25) is 0 Å². The van der Waals surface area contributed by atoms with E-state index in [1.54, 1.807) is 11.3 Å². The minimum atomic E-state index is 0.928. The van der Waals surface area contributed by atoms with Gasteiger partial charge in [-0.25, -0.2) is 9.97 Å². The molecule has 0 radical (unpaired) electrons. The number of halogens is 1. The Morgan fingerprint density at radius 1 is 0.442 bits per heavy atom. The van der Waals surface area contributed by atoms with Gasteiger partial charge in [0.25, 0.3) is 0 Å². The van der Waals surface area contributed by atoms with Crippen molar-refractivity contribution in [1.82, 2.24) is 15.0 Å². The molecule has 3 nitrogen and oxygen atoms in total. The molecule has 0 spiro atoms. The van der Waals surface area contributed by atoms with Gasteiger partial charge in [0.2, 0.25) is 0 Å². The summed E-state index contributed by atoms with van der Waals surface area (Å²) in [5.41, 5.74) is 18.3. The molecule has 0 saturated heterocycles. The van der Waals surface area contributed by atoms with Crippen molar-refractivity contribution in [3.05, 3.63) is 164 Å². The van der Waals surface area contributed by atoms with Crippen LogP contribution in [0, 0.1) is 24.3 Å². The number of hydrogen-bond acceptors (Lipinski definition) is 3. The molecular formula is C47H34IN3S. The molecule has 0 aliphatic carbocycles. The van der Waals surface area contributed by atoms with Crippen LogP contribution >= 0.6 is 33.9 Å². The molecule has 0 unspecified atom stereocenters. The van der Waals surface area contributed by atoms with Crippen LogP contribution in [0.4, 0.5) is 0 Å². The Morgan fingerprint density at radius 2 is 0.846 bits per heavy atom. The molecule has 52 heavy (non-hydrogen) atoms. The highest BCUT2D eigenvalue weighted by atomic mass is 127. The van der Waals surface area contributed by atoms with Crippen molar-refractivity contribution in [3.8, 4) is 44.5 Å². The average molecular weight is 800 g/mol. The van der Waals surface area contributed by atoms with E-state index in [1.807, 2.05) is 0 Å². The first-order chi connectivity index (χ1) is 25.4. The molecule has 2 aliphatic heterocycles. The number of thiophene rings is 1. The van der Waals surface area contributed by atoms with Crippen molar-refractivity contribution >= 4 is 78.7 Å². The molecule has 250 valence electrons. The van der Waals surface area contributed by atoms with Crippen molar-refractivity contribution in [2.75, 3.05) is 0 Å². The molecule has 0 amide bonds. The number of rotatable bonds is 4. The lowest BCUT2D eigenvalue weighted by Crippen LogP contribution is -1.89. The van der Waals surface area contributed by atoms with Crippen LogP contribution in [0.25, 0.3) is 89.2 Å². The van der Waals surface area contributed by atoms with Gasteiger partial charge in [-0.2, -0.15) is 0 Å². The molecule has 9 rings (SSSR count). The van der Waals surface area contributed by atoms with E-state index in [-0.39, 0.29) is 0 Å². The third-order valence-electron chi connectivity index (χ3n) is 9.76. The normalized spacial score (nSPS) is 12.1. The summed E-state index contributed by atoms with van der Waals surface area (Å²) in [5, 5.41) is 0. The number of hydrogen-bond donors (Lipinski definition) is 1. The average Bonchev–Trinajstić information content (AvgIpc) is 3.98. The maximum atomic E-state index is 5.44. The summed E-state index contributed by atoms with van der Waals surface area (Å²) in [6, 6.07) is 43.9. The number of H-pyrrole nitrogens is 1. The van der Waals surface area contributed by atoms with Crippen LogP contribution in [-0.2, 0) is 0 Å². The summed E-state index contributed by atoms with van der Waals surface area (Å²) in [5.74, 6) is 0. The maximum absolute atomic E-state index is 5.44. The Bertz CT molecular complexity index is 2700. The molecule has 5 heterocycles. The summed E-state index contributed by atoms with van der Waals surface area (Å²) in [6.07, 6.45) is 8.70. The van der Waals surface area contributed by atoms with Crippen LogP contribution in [0.2, 0.25) is 0 Å².